The molecule has 128 valence electrons. The third-order valence-corrected chi connectivity index (χ3v) is 4.31. The Labute approximate surface area is 152 Å². The van der Waals surface area contributed by atoms with Crippen molar-refractivity contribution in [3.05, 3.63) is 52.5 Å². The van der Waals surface area contributed by atoms with E-state index in [2.05, 4.69) is 29.4 Å². The molecule has 4 nitrogen and oxygen atoms in total. The molecule has 2 N–H and O–H groups in total. The average Bonchev–Trinajstić information content (AvgIpc) is 2.59. The Morgan fingerprint density at radius 2 is 1.58 bits per heavy atom. The Morgan fingerprint density at radius 3 is 2.12 bits per heavy atom. The van der Waals surface area contributed by atoms with Crippen LogP contribution < -0.4 is 15.5 Å². The van der Waals surface area contributed by atoms with Gasteiger partial charge in [0.25, 0.3) is 0 Å². The molecule has 0 saturated carbocycles. The van der Waals surface area contributed by atoms with Crippen molar-refractivity contribution in [1.82, 2.24) is 0 Å². The van der Waals surface area contributed by atoms with Crippen LogP contribution in [0.25, 0.3) is 0 Å². The summed E-state index contributed by atoms with van der Waals surface area (Å²) in [7, 11) is 0. The summed E-state index contributed by atoms with van der Waals surface area (Å²) >= 11 is 12.1. The van der Waals surface area contributed by atoms with Gasteiger partial charge in [-0.3, -0.25) is 4.79 Å². The Balaban J connectivity index is 1.92. The topological polar surface area (TPSA) is 44.4 Å². The Bertz CT molecular complexity index is 665. The van der Waals surface area contributed by atoms with Crippen LogP contribution in [0.2, 0.25) is 10.0 Å². The maximum atomic E-state index is 12.1. The number of halogens is 2. The zero-order valence-electron chi connectivity index (χ0n) is 13.8. The number of nitrogens with one attached hydrogen (secondary N) is 2. The van der Waals surface area contributed by atoms with E-state index in [0.29, 0.717) is 15.7 Å². The number of carbonyl (C=O) groups excluding carboxylic acids is 1. The third kappa shape index (κ3) is 4.79. The van der Waals surface area contributed by atoms with Crippen molar-refractivity contribution in [2.75, 3.05) is 35.2 Å². The molecule has 0 spiro atoms. The van der Waals surface area contributed by atoms with Crippen LogP contribution in [0, 0.1) is 0 Å². The Kier molecular flexibility index (Phi) is 6.76. The van der Waals surface area contributed by atoms with Crippen molar-refractivity contribution in [3.8, 4) is 0 Å². The lowest BCUT2D eigenvalue weighted by molar-refractivity contribution is -0.114. The highest BCUT2D eigenvalue weighted by Crippen LogP contribution is 2.29. The zero-order valence-corrected chi connectivity index (χ0v) is 15.3. The highest BCUT2D eigenvalue weighted by molar-refractivity contribution is 6.39. The standard InChI is InChI=1S/C18H21Cl2N3O/c1-3-23(4-2)14-10-8-13(9-11-14)21-12-17(24)22-18-15(19)6-5-7-16(18)20/h5-11,21H,3-4,12H2,1-2H3,(H,22,24). The molecule has 0 atom stereocenters. The first-order chi connectivity index (χ1) is 11.5. The smallest absolute Gasteiger partial charge is 0.243 e. The van der Waals surface area contributed by atoms with Crippen LogP contribution in [0.5, 0.6) is 0 Å². The van der Waals surface area contributed by atoms with E-state index in [1.165, 1.54) is 0 Å². The number of anilines is 3. The van der Waals surface area contributed by atoms with Crippen LogP contribution in [0.15, 0.2) is 42.5 Å². The normalized spacial score (nSPS) is 10.3. The van der Waals surface area contributed by atoms with Gasteiger partial charge in [-0.1, -0.05) is 29.3 Å². The van der Waals surface area contributed by atoms with E-state index in [4.69, 9.17) is 23.2 Å². The first-order valence-corrected chi connectivity index (χ1v) is 8.63. The van der Waals surface area contributed by atoms with Crippen LogP contribution in [0.1, 0.15) is 13.8 Å². The molecule has 0 aliphatic carbocycles. The van der Waals surface area contributed by atoms with Crippen molar-refractivity contribution < 1.29 is 4.79 Å². The number of nitrogens with zero attached hydrogens (tertiary/aromatic N) is 1. The average molecular weight is 366 g/mol. The lowest BCUT2D eigenvalue weighted by Crippen LogP contribution is -2.23. The first-order valence-electron chi connectivity index (χ1n) is 7.87. The van der Waals surface area contributed by atoms with Gasteiger partial charge in [0.15, 0.2) is 0 Å². The third-order valence-electron chi connectivity index (χ3n) is 3.68. The molecule has 0 aliphatic rings. The van der Waals surface area contributed by atoms with Crippen molar-refractivity contribution in [3.63, 3.8) is 0 Å². The fraction of sp³-hybridized carbons (Fsp3) is 0.278. The number of amides is 1. The predicted octanol–water partition coefficient (Wildman–Crippen LogP) is 4.89. The van der Waals surface area contributed by atoms with Gasteiger partial charge >= 0.3 is 0 Å². The van der Waals surface area contributed by atoms with Crippen LogP contribution in [-0.2, 0) is 4.79 Å². The fourth-order valence-electron chi connectivity index (χ4n) is 2.36. The number of benzene rings is 2. The summed E-state index contributed by atoms with van der Waals surface area (Å²) in [4.78, 5) is 14.3. The molecule has 6 heteroatoms. The van der Waals surface area contributed by atoms with E-state index in [-0.39, 0.29) is 12.5 Å². The van der Waals surface area contributed by atoms with Crippen LogP contribution in [0.3, 0.4) is 0 Å². The predicted molar refractivity (Wildman–Crippen MR) is 104 cm³/mol. The summed E-state index contributed by atoms with van der Waals surface area (Å²) in [5.74, 6) is -0.210. The summed E-state index contributed by atoms with van der Waals surface area (Å²) in [5, 5.41) is 6.64. The number of hydrogen-bond acceptors (Lipinski definition) is 3. The highest BCUT2D eigenvalue weighted by Gasteiger charge is 2.09. The van der Waals surface area contributed by atoms with Gasteiger partial charge < -0.3 is 15.5 Å². The van der Waals surface area contributed by atoms with Crippen molar-refractivity contribution in [2.24, 2.45) is 0 Å². The minimum Gasteiger partial charge on any atom is -0.376 e. The molecule has 0 aromatic heterocycles. The van der Waals surface area contributed by atoms with Gasteiger partial charge in [-0.25, -0.2) is 0 Å². The molecule has 2 aromatic rings. The second-order valence-corrected chi connectivity index (χ2v) is 6.03. The van der Waals surface area contributed by atoms with Crippen LogP contribution in [0.4, 0.5) is 17.1 Å². The highest BCUT2D eigenvalue weighted by atomic mass is 35.5. The van der Waals surface area contributed by atoms with Crippen molar-refractivity contribution in [2.45, 2.75) is 13.8 Å². The quantitative estimate of drug-likeness (QED) is 0.733. The monoisotopic (exact) mass is 365 g/mol. The number of carbonyl (C=O) groups is 1. The largest absolute Gasteiger partial charge is 0.376 e. The van der Waals surface area contributed by atoms with E-state index in [1.807, 2.05) is 24.3 Å². The lowest BCUT2D eigenvalue weighted by Gasteiger charge is -2.21. The molecular weight excluding hydrogens is 345 g/mol. The molecule has 2 aromatic carbocycles. The zero-order chi connectivity index (χ0) is 17.5. The van der Waals surface area contributed by atoms with Gasteiger partial charge in [0, 0.05) is 24.5 Å². The Morgan fingerprint density at radius 1 is 1.00 bits per heavy atom. The van der Waals surface area contributed by atoms with Crippen LogP contribution in [-0.4, -0.2) is 25.5 Å². The van der Waals surface area contributed by atoms with Gasteiger partial charge in [-0.2, -0.15) is 0 Å². The first kappa shape index (κ1) is 18.4. The molecule has 0 radical (unpaired) electrons. The summed E-state index contributed by atoms with van der Waals surface area (Å²) in [6.45, 7) is 6.31. The molecule has 1 amide bonds. The molecule has 24 heavy (non-hydrogen) atoms. The number of hydrogen-bond donors (Lipinski definition) is 2. The van der Waals surface area contributed by atoms with E-state index in [0.717, 1.165) is 24.5 Å². The SMILES string of the molecule is CCN(CC)c1ccc(NCC(=O)Nc2c(Cl)cccc2Cl)cc1. The minimum atomic E-state index is -0.210. The molecule has 0 unspecified atom stereocenters. The summed E-state index contributed by atoms with van der Waals surface area (Å²) in [5.41, 5.74) is 2.48. The molecule has 0 saturated heterocycles. The van der Waals surface area contributed by atoms with Crippen molar-refractivity contribution >= 4 is 46.2 Å². The summed E-state index contributed by atoms with van der Waals surface area (Å²) < 4.78 is 0. The number of rotatable bonds is 7. The molecule has 0 heterocycles. The van der Waals surface area contributed by atoms with Gasteiger partial charge in [-0.15, -0.1) is 0 Å². The summed E-state index contributed by atoms with van der Waals surface area (Å²) in [6.07, 6.45) is 0. The van der Waals surface area contributed by atoms with E-state index < -0.39 is 0 Å². The Hall–Kier alpha value is -1.91. The molecular formula is C18H21Cl2N3O. The van der Waals surface area contributed by atoms with E-state index >= 15 is 0 Å². The molecule has 0 bridgehead atoms. The second-order valence-electron chi connectivity index (χ2n) is 5.22. The molecule has 0 fully saturated rings. The maximum absolute atomic E-state index is 12.1. The molecule has 0 aliphatic heterocycles. The van der Waals surface area contributed by atoms with E-state index in [1.54, 1.807) is 18.2 Å². The van der Waals surface area contributed by atoms with Crippen LogP contribution >= 0.6 is 23.2 Å². The van der Waals surface area contributed by atoms with Gasteiger partial charge in [0.2, 0.25) is 5.91 Å². The van der Waals surface area contributed by atoms with E-state index in [9.17, 15) is 4.79 Å². The van der Waals surface area contributed by atoms with Gasteiger partial charge in [0.1, 0.15) is 0 Å². The summed E-state index contributed by atoms with van der Waals surface area (Å²) in [6, 6.07) is 13.1. The fourth-order valence-corrected chi connectivity index (χ4v) is 2.85. The van der Waals surface area contributed by atoms with Gasteiger partial charge in [0.05, 0.1) is 22.3 Å². The van der Waals surface area contributed by atoms with Gasteiger partial charge in [-0.05, 0) is 50.2 Å². The number of para-hydroxylation sites is 1. The lowest BCUT2D eigenvalue weighted by atomic mass is 10.2. The maximum Gasteiger partial charge on any atom is 0.243 e. The van der Waals surface area contributed by atoms with Crippen molar-refractivity contribution in [1.29, 1.82) is 0 Å². The minimum absolute atomic E-state index is 0.131. The second kappa shape index (κ2) is 8.81. The molecule has 2 rings (SSSR count).